The molecule has 0 fully saturated rings. The van der Waals surface area contributed by atoms with E-state index in [2.05, 4.69) is 15.3 Å². The lowest BCUT2D eigenvalue weighted by molar-refractivity contribution is 0.735. The summed E-state index contributed by atoms with van der Waals surface area (Å²) in [6, 6.07) is 3.95. The summed E-state index contributed by atoms with van der Waals surface area (Å²) < 4.78 is 2.03. The maximum Gasteiger partial charge on any atom is 0.0953 e. The number of pyridine rings is 1. The van der Waals surface area contributed by atoms with Gasteiger partial charge in [0.05, 0.1) is 17.7 Å². The van der Waals surface area contributed by atoms with E-state index in [1.54, 1.807) is 6.20 Å². The van der Waals surface area contributed by atoms with E-state index in [4.69, 9.17) is 0 Å². The highest BCUT2D eigenvalue weighted by Crippen LogP contribution is 2.20. The standard InChI is InChI=1S/C11H14N4/c1-12-7-10-11(14-8-15(10)2)9-4-3-5-13-6-9/h3-6,8,12H,7H2,1-2H3. The van der Waals surface area contributed by atoms with Crippen LogP contribution in [-0.2, 0) is 13.6 Å². The van der Waals surface area contributed by atoms with Crippen molar-refractivity contribution in [2.75, 3.05) is 7.05 Å². The quantitative estimate of drug-likeness (QED) is 0.813. The molecule has 4 nitrogen and oxygen atoms in total. The molecule has 2 heterocycles. The Labute approximate surface area is 89.0 Å². The Kier molecular flexibility index (Phi) is 2.78. The topological polar surface area (TPSA) is 42.7 Å². The number of aromatic nitrogens is 3. The van der Waals surface area contributed by atoms with Crippen LogP contribution < -0.4 is 5.32 Å². The number of rotatable bonds is 3. The van der Waals surface area contributed by atoms with Crippen molar-refractivity contribution < 1.29 is 0 Å². The fourth-order valence-electron chi connectivity index (χ4n) is 1.58. The van der Waals surface area contributed by atoms with Gasteiger partial charge in [-0.2, -0.15) is 0 Å². The lowest BCUT2D eigenvalue weighted by Crippen LogP contribution is -2.09. The fraction of sp³-hybridized carbons (Fsp3) is 0.273. The van der Waals surface area contributed by atoms with E-state index in [-0.39, 0.29) is 0 Å². The molecule has 0 saturated heterocycles. The molecule has 2 rings (SSSR count). The molecule has 2 aromatic rings. The maximum atomic E-state index is 4.39. The van der Waals surface area contributed by atoms with Crippen LogP contribution in [-0.4, -0.2) is 21.6 Å². The summed E-state index contributed by atoms with van der Waals surface area (Å²) in [5.74, 6) is 0. The van der Waals surface area contributed by atoms with Crippen molar-refractivity contribution in [1.82, 2.24) is 19.9 Å². The van der Waals surface area contributed by atoms with Gasteiger partial charge in [-0.25, -0.2) is 4.98 Å². The summed E-state index contributed by atoms with van der Waals surface area (Å²) in [5, 5.41) is 3.14. The van der Waals surface area contributed by atoms with E-state index in [1.807, 2.05) is 43.3 Å². The molecule has 15 heavy (non-hydrogen) atoms. The normalized spacial score (nSPS) is 10.5. The lowest BCUT2D eigenvalue weighted by Gasteiger charge is -2.04. The average molecular weight is 202 g/mol. The van der Waals surface area contributed by atoms with Crippen molar-refractivity contribution in [2.24, 2.45) is 7.05 Å². The van der Waals surface area contributed by atoms with Crippen LogP contribution in [0, 0.1) is 0 Å². The second-order valence-electron chi connectivity index (χ2n) is 3.42. The van der Waals surface area contributed by atoms with Crippen LogP contribution in [0.4, 0.5) is 0 Å². The van der Waals surface area contributed by atoms with E-state index >= 15 is 0 Å². The molecule has 0 spiro atoms. The molecule has 78 valence electrons. The molecule has 0 aliphatic rings. The molecular weight excluding hydrogens is 188 g/mol. The summed E-state index contributed by atoms with van der Waals surface area (Å²) in [6.45, 7) is 0.806. The summed E-state index contributed by atoms with van der Waals surface area (Å²) in [5.41, 5.74) is 3.23. The minimum atomic E-state index is 0.806. The van der Waals surface area contributed by atoms with Crippen LogP contribution in [0.1, 0.15) is 5.69 Å². The zero-order valence-electron chi connectivity index (χ0n) is 8.94. The summed E-state index contributed by atoms with van der Waals surface area (Å²) in [7, 11) is 3.93. The molecule has 0 bridgehead atoms. The van der Waals surface area contributed by atoms with E-state index in [9.17, 15) is 0 Å². The first-order valence-electron chi connectivity index (χ1n) is 4.88. The van der Waals surface area contributed by atoms with Crippen molar-refractivity contribution >= 4 is 0 Å². The third-order valence-electron chi connectivity index (χ3n) is 2.34. The first kappa shape index (κ1) is 9.86. The summed E-state index contributed by atoms with van der Waals surface area (Å²) in [4.78, 5) is 8.49. The van der Waals surface area contributed by atoms with Gasteiger partial charge in [-0.1, -0.05) is 0 Å². The Bertz CT molecular complexity index is 433. The van der Waals surface area contributed by atoms with Gasteiger partial charge in [0.25, 0.3) is 0 Å². The minimum absolute atomic E-state index is 0.806. The molecule has 0 aliphatic carbocycles. The monoisotopic (exact) mass is 202 g/mol. The van der Waals surface area contributed by atoms with E-state index < -0.39 is 0 Å². The number of aryl methyl sites for hydroxylation is 1. The molecule has 1 N–H and O–H groups in total. The largest absolute Gasteiger partial charge is 0.336 e. The SMILES string of the molecule is CNCc1c(-c2cccnc2)ncn1C. The van der Waals surface area contributed by atoms with Crippen LogP contribution in [0.2, 0.25) is 0 Å². The Morgan fingerprint density at radius 1 is 1.47 bits per heavy atom. The van der Waals surface area contributed by atoms with Gasteiger partial charge in [-0.3, -0.25) is 4.98 Å². The highest BCUT2D eigenvalue weighted by Gasteiger charge is 2.09. The zero-order chi connectivity index (χ0) is 10.7. The highest BCUT2D eigenvalue weighted by atomic mass is 15.1. The van der Waals surface area contributed by atoms with Gasteiger partial charge in [0.15, 0.2) is 0 Å². The number of hydrogen-bond donors (Lipinski definition) is 1. The van der Waals surface area contributed by atoms with Crippen molar-refractivity contribution in [3.8, 4) is 11.3 Å². The number of hydrogen-bond acceptors (Lipinski definition) is 3. The first-order chi connectivity index (χ1) is 7.33. The number of nitrogens with one attached hydrogen (secondary N) is 1. The Morgan fingerprint density at radius 3 is 3.00 bits per heavy atom. The Hall–Kier alpha value is -1.68. The Balaban J connectivity index is 2.44. The predicted octanol–water partition coefficient (Wildman–Crippen LogP) is 1.20. The molecule has 0 radical (unpaired) electrons. The zero-order valence-corrected chi connectivity index (χ0v) is 8.94. The smallest absolute Gasteiger partial charge is 0.0953 e. The van der Waals surface area contributed by atoms with Gasteiger partial charge in [-0.15, -0.1) is 0 Å². The van der Waals surface area contributed by atoms with Crippen LogP contribution in [0.5, 0.6) is 0 Å². The average Bonchev–Trinajstić information content (AvgIpc) is 2.63. The molecule has 0 amide bonds. The molecule has 0 aromatic carbocycles. The van der Waals surface area contributed by atoms with Gasteiger partial charge in [0.2, 0.25) is 0 Å². The van der Waals surface area contributed by atoms with Crippen molar-refractivity contribution in [3.63, 3.8) is 0 Å². The second kappa shape index (κ2) is 4.23. The van der Waals surface area contributed by atoms with Crippen molar-refractivity contribution in [2.45, 2.75) is 6.54 Å². The van der Waals surface area contributed by atoms with E-state index in [0.29, 0.717) is 0 Å². The summed E-state index contributed by atoms with van der Waals surface area (Å²) >= 11 is 0. The molecule has 0 aliphatic heterocycles. The molecule has 2 aromatic heterocycles. The van der Waals surface area contributed by atoms with Gasteiger partial charge < -0.3 is 9.88 Å². The van der Waals surface area contributed by atoms with Crippen LogP contribution >= 0.6 is 0 Å². The van der Waals surface area contributed by atoms with Crippen molar-refractivity contribution in [1.29, 1.82) is 0 Å². The van der Waals surface area contributed by atoms with E-state index in [0.717, 1.165) is 17.8 Å². The van der Waals surface area contributed by atoms with Crippen LogP contribution in [0.3, 0.4) is 0 Å². The number of imidazole rings is 1. The van der Waals surface area contributed by atoms with Gasteiger partial charge in [0, 0.05) is 31.5 Å². The molecule has 0 saturated carbocycles. The Morgan fingerprint density at radius 2 is 2.33 bits per heavy atom. The van der Waals surface area contributed by atoms with Crippen LogP contribution in [0.25, 0.3) is 11.3 Å². The highest BCUT2D eigenvalue weighted by molar-refractivity contribution is 5.60. The predicted molar refractivity (Wildman–Crippen MR) is 59.2 cm³/mol. The number of nitrogens with zero attached hydrogens (tertiary/aromatic N) is 3. The van der Waals surface area contributed by atoms with Gasteiger partial charge >= 0.3 is 0 Å². The fourth-order valence-corrected chi connectivity index (χ4v) is 1.58. The second-order valence-corrected chi connectivity index (χ2v) is 3.42. The lowest BCUT2D eigenvalue weighted by atomic mass is 10.1. The third-order valence-corrected chi connectivity index (χ3v) is 2.34. The molecule has 0 unspecified atom stereocenters. The maximum absolute atomic E-state index is 4.39. The van der Waals surface area contributed by atoms with Crippen LogP contribution in [0.15, 0.2) is 30.9 Å². The molecule has 0 atom stereocenters. The van der Waals surface area contributed by atoms with E-state index in [1.165, 1.54) is 5.69 Å². The molecule has 4 heteroatoms. The molecular formula is C11H14N4. The third kappa shape index (κ3) is 1.89. The first-order valence-corrected chi connectivity index (χ1v) is 4.88. The van der Waals surface area contributed by atoms with Gasteiger partial charge in [0.1, 0.15) is 0 Å². The van der Waals surface area contributed by atoms with Gasteiger partial charge in [-0.05, 0) is 19.2 Å². The minimum Gasteiger partial charge on any atom is -0.336 e. The summed E-state index contributed by atoms with van der Waals surface area (Å²) in [6.07, 6.45) is 5.43. The van der Waals surface area contributed by atoms with Crippen molar-refractivity contribution in [3.05, 3.63) is 36.5 Å².